The lowest BCUT2D eigenvalue weighted by Crippen LogP contribution is -2.49. The van der Waals surface area contributed by atoms with Crippen molar-refractivity contribution in [3.63, 3.8) is 0 Å². The number of alkyl halides is 6. The number of likely N-dealkylation sites (tertiary alicyclic amines) is 2. The molecule has 12 nitrogen and oxygen atoms in total. The molecule has 6 rings (SSSR count). The van der Waals surface area contributed by atoms with E-state index in [4.69, 9.17) is 0 Å². The Labute approximate surface area is 344 Å². The number of hydrogen-bond acceptors (Lipinski definition) is 8. The summed E-state index contributed by atoms with van der Waals surface area (Å²) >= 11 is 0. The van der Waals surface area contributed by atoms with E-state index in [0.717, 1.165) is 0 Å². The molecule has 0 aromatic carbocycles. The highest BCUT2D eigenvalue weighted by Crippen LogP contribution is 2.51. The molecule has 2 amide bonds. The van der Waals surface area contributed by atoms with Gasteiger partial charge in [-0.3, -0.25) is 29.0 Å². The van der Waals surface area contributed by atoms with Crippen LogP contribution in [0, 0.1) is 23.7 Å². The smallest absolute Gasteiger partial charge is 0.390 e. The van der Waals surface area contributed by atoms with Gasteiger partial charge in [0.2, 0.25) is 11.8 Å². The van der Waals surface area contributed by atoms with Gasteiger partial charge in [-0.25, -0.2) is 0 Å². The number of aromatic nitrogens is 2. The predicted molar refractivity (Wildman–Crippen MR) is 213 cm³/mol. The fourth-order valence-electron chi connectivity index (χ4n) is 9.60. The highest BCUT2D eigenvalue weighted by Gasteiger charge is 2.57. The van der Waals surface area contributed by atoms with E-state index in [1.807, 2.05) is 13.8 Å². The van der Waals surface area contributed by atoms with Gasteiger partial charge in [0.1, 0.15) is 0 Å². The van der Waals surface area contributed by atoms with Crippen LogP contribution in [0.5, 0.6) is 0 Å². The number of fused-ring (bicyclic) bond motifs is 6. The number of halogens is 6. The van der Waals surface area contributed by atoms with E-state index < -0.39 is 61.2 Å². The maximum Gasteiger partial charge on any atom is 0.390 e. The molecule has 332 valence electrons. The number of aliphatic hydroxyl groups is 2. The molecule has 8 atom stereocenters. The van der Waals surface area contributed by atoms with Crippen molar-refractivity contribution in [2.24, 2.45) is 23.7 Å². The topological polar surface area (TPSA) is 149 Å². The summed E-state index contributed by atoms with van der Waals surface area (Å²) in [5, 5.41) is 25.7. The normalized spacial score (nSPS) is 26.2. The number of aliphatic hydroxyl groups excluding tert-OH is 2. The van der Waals surface area contributed by atoms with Crippen molar-refractivity contribution in [1.82, 2.24) is 29.6 Å². The molecule has 6 heterocycles. The lowest BCUT2D eigenvalue weighted by molar-refractivity contribution is -0.143. The Balaban J connectivity index is 0.000000228. The molecule has 2 saturated heterocycles. The minimum absolute atomic E-state index is 0.209. The minimum Gasteiger partial charge on any atom is -0.396 e. The van der Waals surface area contributed by atoms with Crippen molar-refractivity contribution < 1.29 is 46.1 Å². The van der Waals surface area contributed by atoms with Crippen LogP contribution >= 0.6 is 0 Å². The molecule has 4 N–H and O–H groups in total. The quantitative estimate of drug-likeness (QED) is 0.201. The fourth-order valence-corrected chi connectivity index (χ4v) is 9.60. The lowest BCUT2D eigenvalue weighted by atomic mass is 9.88. The van der Waals surface area contributed by atoms with E-state index in [1.165, 1.54) is 9.80 Å². The van der Waals surface area contributed by atoms with Gasteiger partial charge in [-0.2, -0.15) is 26.3 Å². The molecule has 0 spiro atoms. The SMILES string of the molecule is C/C=C/c1ccc2n(c1=O)C[C@H]1[C@H](CO)[C@@H](C(=O)NCCC)N(CCC(F)(F)F)[C@@H]21.C/C=C\c1ccc2n(c1=O)C[C@H]1[C@H](CO)[C@@H](C(=O)NCCC)N(CCC(F)(F)F)[C@@H]21. The molecule has 60 heavy (non-hydrogen) atoms. The Bertz CT molecular complexity index is 1870. The van der Waals surface area contributed by atoms with Crippen LogP contribution in [-0.4, -0.2) is 105 Å². The van der Waals surface area contributed by atoms with Crippen LogP contribution in [0.2, 0.25) is 0 Å². The van der Waals surface area contributed by atoms with Crippen molar-refractivity contribution in [3.8, 4) is 0 Å². The second-order valence-electron chi connectivity index (χ2n) is 15.8. The maximum absolute atomic E-state index is 13.0. The lowest BCUT2D eigenvalue weighted by Gasteiger charge is -2.31. The molecule has 0 unspecified atom stereocenters. The third-order valence-corrected chi connectivity index (χ3v) is 12.1. The molecule has 4 aliphatic heterocycles. The zero-order valence-corrected chi connectivity index (χ0v) is 34.3. The van der Waals surface area contributed by atoms with E-state index >= 15 is 0 Å². The van der Waals surface area contributed by atoms with Crippen LogP contribution in [0.4, 0.5) is 26.3 Å². The van der Waals surface area contributed by atoms with E-state index in [1.54, 1.807) is 71.6 Å². The summed E-state index contributed by atoms with van der Waals surface area (Å²) in [7, 11) is 0. The highest BCUT2D eigenvalue weighted by molar-refractivity contribution is 5.83. The molecule has 4 aliphatic rings. The van der Waals surface area contributed by atoms with Gasteiger partial charge < -0.3 is 30.0 Å². The summed E-state index contributed by atoms with van der Waals surface area (Å²) in [5.41, 5.74) is 1.79. The van der Waals surface area contributed by atoms with Gasteiger partial charge in [0.15, 0.2) is 0 Å². The number of nitrogens with one attached hydrogen (secondary N) is 2. The molecular formula is C42H56F6N6O6. The Hall–Kier alpha value is -4.26. The van der Waals surface area contributed by atoms with Crippen molar-refractivity contribution in [1.29, 1.82) is 0 Å². The Morgan fingerprint density at radius 2 is 1.05 bits per heavy atom. The van der Waals surface area contributed by atoms with E-state index in [9.17, 15) is 55.7 Å². The van der Waals surface area contributed by atoms with Crippen molar-refractivity contribution >= 4 is 24.0 Å². The van der Waals surface area contributed by atoms with Gasteiger partial charge in [0.25, 0.3) is 11.1 Å². The second-order valence-corrected chi connectivity index (χ2v) is 15.8. The van der Waals surface area contributed by atoms with E-state index in [0.29, 0.717) is 48.4 Å². The number of rotatable bonds is 14. The van der Waals surface area contributed by atoms with Crippen LogP contribution in [-0.2, 0) is 22.7 Å². The first-order valence-electron chi connectivity index (χ1n) is 20.6. The van der Waals surface area contributed by atoms with Crippen LogP contribution in [0.1, 0.15) is 88.0 Å². The van der Waals surface area contributed by atoms with Crippen LogP contribution < -0.4 is 21.8 Å². The first-order chi connectivity index (χ1) is 28.5. The fraction of sp³-hybridized carbons (Fsp3) is 0.619. The summed E-state index contributed by atoms with van der Waals surface area (Å²) in [6.07, 6.45) is -2.59. The largest absolute Gasteiger partial charge is 0.396 e. The third kappa shape index (κ3) is 9.76. The molecule has 2 fully saturated rings. The van der Waals surface area contributed by atoms with Gasteiger partial charge in [0, 0.05) is 98.7 Å². The summed E-state index contributed by atoms with van der Waals surface area (Å²) in [6.45, 7) is 7.35. The van der Waals surface area contributed by atoms with Crippen LogP contribution in [0.15, 0.2) is 46.0 Å². The van der Waals surface area contributed by atoms with Crippen LogP contribution in [0.25, 0.3) is 12.2 Å². The monoisotopic (exact) mass is 854 g/mol. The number of nitrogens with zero attached hydrogens (tertiary/aromatic N) is 4. The van der Waals surface area contributed by atoms with Gasteiger partial charge in [0.05, 0.1) is 37.0 Å². The maximum atomic E-state index is 13.0. The highest BCUT2D eigenvalue weighted by atomic mass is 19.4. The minimum atomic E-state index is -4.37. The molecule has 0 saturated carbocycles. The van der Waals surface area contributed by atoms with E-state index in [-0.39, 0.29) is 74.2 Å². The molecular weight excluding hydrogens is 798 g/mol. The molecule has 0 aliphatic carbocycles. The Morgan fingerprint density at radius 1 is 0.683 bits per heavy atom. The van der Waals surface area contributed by atoms with Gasteiger partial charge in [-0.1, -0.05) is 38.2 Å². The zero-order chi connectivity index (χ0) is 44.1. The molecule has 2 aromatic heterocycles. The number of hydrogen-bond donors (Lipinski definition) is 4. The molecule has 0 bridgehead atoms. The second kappa shape index (κ2) is 19.6. The van der Waals surface area contributed by atoms with Crippen molar-refractivity contribution in [2.75, 3.05) is 39.4 Å². The number of pyridine rings is 2. The summed E-state index contributed by atoms with van der Waals surface area (Å²) in [4.78, 5) is 54.4. The third-order valence-electron chi connectivity index (χ3n) is 12.1. The zero-order valence-electron chi connectivity index (χ0n) is 34.3. The number of allylic oxidation sites excluding steroid dienone is 2. The molecule has 18 heteroatoms. The Kier molecular flexibility index (Phi) is 15.3. The average molecular weight is 855 g/mol. The van der Waals surface area contributed by atoms with Crippen molar-refractivity contribution in [3.05, 3.63) is 79.6 Å². The van der Waals surface area contributed by atoms with Crippen molar-refractivity contribution in [2.45, 2.75) is 103 Å². The summed E-state index contributed by atoms with van der Waals surface area (Å²) in [5.74, 6) is -2.46. The summed E-state index contributed by atoms with van der Waals surface area (Å²) < 4.78 is 81.3. The first-order valence-corrected chi connectivity index (χ1v) is 20.6. The molecule has 2 aromatic rings. The number of carbonyl (C=O) groups excluding carboxylic acids is 2. The molecule has 0 radical (unpaired) electrons. The average Bonchev–Trinajstić information content (AvgIpc) is 3.93. The van der Waals surface area contributed by atoms with Gasteiger partial charge in [-0.15, -0.1) is 0 Å². The van der Waals surface area contributed by atoms with Gasteiger partial charge in [-0.05, 0) is 51.0 Å². The predicted octanol–water partition coefficient (Wildman–Crippen LogP) is 4.65. The van der Waals surface area contributed by atoms with E-state index in [2.05, 4.69) is 10.6 Å². The van der Waals surface area contributed by atoms with Crippen LogP contribution in [0.3, 0.4) is 0 Å². The van der Waals surface area contributed by atoms with Gasteiger partial charge >= 0.3 is 12.4 Å². The number of amides is 2. The summed E-state index contributed by atoms with van der Waals surface area (Å²) in [6, 6.07) is 4.07. The standard InChI is InChI=1S/2C21H28F3N3O3/c2*1-3-5-13-6-7-16-17-14(11-27(16)20(13)30)15(12-28)18(19(29)25-9-4-2)26(17)10-8-21(22,23)24/h2*3,5-7,14-15,17-18,28H,4,8-12H2,1-2H3,(H,25,29)/b5-3+;5-3-/t2*14-,15-,17+,18-/m00/s1. The first kappa shape index (κ1) is 46.8. The number of carbonyl (C=O) groups is 2. The Morgan fingerprint density at radius 3 is 1.35 bits per heavy atom.